The van der Waals surface area contributed by atoms with Gasteiger partial charge in [-0.1, -0.05) is 6.07 Å². The van der Waals surface area contributed by atoms with Crippen LogP contribution in [0.15, 0.2) is 47.5 Å². The van der Waals surface area contributed by atoms with Gasteiger partial charge >= 0.3 is 5.76 Å². The van der Waals surface area contributed by atoms with Gasteiger partial charge in [0.2, 0.25) is 15.7 Å². The molecule has 1 aromatic carbocycles. The van der Waals surface area contributed by atoms with E-state index in [-0.39, 0.29) is 12.3 Å². The van der Waals surface area contributed by atoms with Gasteiger partial charge in [-0.3, -0.25) is 4.79 Å². The molecule has 0 atom stereocenters. The smallest absolute Gasteiger partial charge is 0.341 e. The van der Waals surface area contributed by atoms with Crippen molar-refractivity contribution in [2.75, 3.05) is 17.2 Å². The third-order valence-corrected chi connectivity index (χ3v) is 4.68. The fraction of sp³-hybridized carbons (Fsp3) is 0.250. The van der Waals surface area contributed by atoms with Crippen LogP contribution in [0, 0.1) is 6.92 Å². The number of carbonyl (C=O) groups is 1. The number of nitrogens with zero attached hydrogens (tertiary/aromatic N) is 1. The van der Waals surface area contributed by atoms with Gasteiger partial charge in [0.05, 0.1) is 4.90 Å². The van der Waals surface area contributed by atoms with E-state index in [1.54, 1.807) is 12.3 Å². The summed E-state index contributed by atoms with van der Waals surface area (Å²) in [7, 11) is -4.60. The van der Waals surface area contributed by atoms with E-state index in [9.17, 15) is 22.0 Å². The van der Waals surface area contributed by atoms with E-state index in [1.165, 1.54) is 12.1 Å². The minimum Gasteiger partial charge on any atom is -0.385 e. The Bertz CT molecular complexity index is 823. The number of benzene rings is 1. The highest BCUT2D eigenvalue weighted by Crippen LogP contribution is 2.20. The first-order valence-electron chi connectivity index (χ1n) is 7.37. The maximum atomic E-state index is 12.4. The number of anilines is 2. The molecule has 9 heteroatoms. The highest BCUT2D eigenvalue weighted by atomic mass is 32.2. The predicted molar refractivity (Wildman–Crippen MR) is 90.3 cm³/mol. The molecule has 1 heterocycles. The van der Waals surface area contributed by atoms with Crippen LogP contribution < -0.4 is 10.6 Å². The molecular weight excluding hydrogens is 352 g/mol. The van der Waals surface area contributed by atoms with Gasteiger partial charge in [-0.05, 0) is 42.8 Å². The number of hydrogen-bond acceptors (Lipinski definition) is 5. The second kappa shape index (κ2) is 8.02. The molecule has 0 radical (unpaired) electrons. The molecule has 0 saturated heterocycles. The zero-order chi connectivity index (χ0) is 18.4. The van der Waals surface area contributed by atoms with Crippen molar-refractivity contribution in [3.05, 3.63) is 48.2 Å². The summed E-state index contributed by atoms with van der Waals surface area (Å²) in [6.07, 6.45) is 1.80. The van der Waals surface area contributed by atoms with E-state index < -0.39 is 20.5 Å². The standard InChI is InChI=1S/C16H17F2N3O3S/c1-11-2-7-14(20-10-11)21-15(22)8-9-19-12-3-5-13(6-4-12)25(23,24)16(17)18/h2-7,10,16,19H,8-9H2,1H3,(H,20,21,22). The van der Waals surface area contributed by atoms with Crippen molar-refractivity contribution in [1.82, 2.24) is 4.98 Å². The van der Waals surface area contributed by atoms with Crippen molar-refractivity contribution >= 4 is 27.2 Å². The molecule has 2 aromatic rings. The maximum Gasteiger partial charge on any atom is 0.341 e. The lowest BCUT2D eigenvalue weighted by Crippen LogP contribution is -2.17. The van der Waals surface area contributed by atoms with Crippen molar-refractivity contribution in [1.29, 1.82) is 0 Å². The third-order valence-electron chi connectivity index (χ3n) is 3.28. The molecule has 0 aliphatic heterocycles. The molecule has 0 bridgehead atoms. The summed E-state index contributed by atoms with van der Waals surface area (Å²) in [5.41, 5.74) is 1.51. The molecule has 0 unspecified atom stereocenters. The van der Waals surface area contributed by atoms with Gasteiger partial charge in [-0.2, -0.15) is 8.78 Å². The Morgan fingerprint density at radius 3 is 2.40 bits per heavy atom. The molecule has 134 valence electrons. The number of pyridine rings is 1. The number of rotatable bonds is 7. The average Bonchev–Trinajstić information content (AvgIpc) is 2.57. The lowest BCUT2D eigenvalue weighted by Gasteiger charge is -2.08. The molecule has 2 rings (SSSR count). The predicted octanol–water partition coefficient (Wildman–Crippen LogP) is 2.83. The van der Waals surface area contributed by atoms with Crippen LogP contribution in [0.25, 0.3) is 0 Å². The Labute approximate surface area is 144 Å². The monoisotopic (exact) mass is 369 g/mol. The van der Waals surface area contributed by atoms with Crippen LogP contribution in [0.2, 0.25) is 0 Å². The Balaban J connectivity index is 1.83. The van der Waals surface area contributed by atoms with Crippen LogP contribution in [0.4, 0.5) is 20.3 Å². The molecule has 1 aromatic heterocycles. The van der Waals surface area contributed by atoms with Crippen LogP contribution in [-0.2, 0) is 14.6 Å². The SMILES string of the molecule is Cc1ccc(NC(=O)CCNc2ccc(S(=O)(=O)C(F)F)cc2)nc1. The molecule has 0 aliphatic carbocycles. The van der Waals surface area contributed by atoms with Crippen LogP contribution in [-0.4, -0.2) is 31.6 Å². The van der Waals surface area contributed by atoms with E-state index in [1.807, 2.05) is 13.0 Å². The molecular formula is C16H17F2N3O3S. The van der Waals surface area contributed by atoms with Crippen LogP contribution in [0.5, 0.6) is 0 Å². The van der Waals surface area contributed by atoms with E-state index in [2.05, 4.69) is 15.6 Å². The molecule has 2 N–H and O–H groups in total. The summed E-state index contributed by atoms with van der Waals surface area (Å²) < 4.78 is 47.5. The Morgan fingerprint density at radius 1 is 1.16 bits per heavy atom. The van der Waals surface area contributed by atoms with Gasteiger partial charge in [0, 0.05) is 24.8 Å². The van der Waals surface area contributed by atoms with Crippen LogP contribution in [0.3, 0.4) is 0 Å². The normalized spacial score (nSPS) is 11.4. The number of nitrogens with one attached hydrogen (secondary N) is 2. The molecule has 6 nitrogen and oxygen atoms in total. The van der Waals surface area contributed by atoms with Crippen molar-refractivity contribution in [3.63, 3.8) is 0 Å². The van der Waals surface area contributed by atoms with Crippen molar-refractivity contribution < 1.29 is 22.0 Å². The zero-order valence-electron chi connectivity index (χ0n) is 13.4. The van der Waals surface area contributed by atoms with E-state index in [4.69, 9.17) is 0 Å². The highest BCUT2D eigenvalue weighted by molar-refractivity contribution is 7.91. The summed E-state index contributed by atoms with van der Waals surface area (Å²) in [6, 6.07) is 8.46. The highest BCUT2D eigenvalue weighted by Gasteiger charge is 2.26. The summed E-state index contributed by atoms with van der Waals surface area (Å²) >= 11 is 0. The lowest BCUT2D eigenvalue weighted by atomic mass is 10.3. The second-order valence-electron chi connectivity index (χ2n) is 5.28. The second-order valence-corrected chi connectivity index (χ2v) is 7.19. The quantitative estimate of drug-likeness (QED) is 0.784. The van der Waals surface area contributed by atoms with E-state index >= 15 is 0 Å². The molecule has 0 saturated carbocycles. The first kappa shape index (κ1) is 18.8. The molecule has 1 amide bonds. The number of alkyl halides is 2. The van der Waals surface area contributed by atoms with Gasteiger partial charge < -0.3 is 10.6 Å². The number of aryl methyl sites for hydroxylation is 1. The minimum atomic E-state index is -4.60. The molecule has 0 aliphatic rings. The molecule has 25 heavy (non-hydrogen) atoms. The average molecular weight is 369 g/mol. The van der Waals surface area contributed by atoms with Crippen molar-refractivity contribution in [2.24, 2.45) is 0 Å². The molecule has 0 spiro atoms. The van der Waals surface area contributed by atoms with E-state index in [0.717, 1.165) is 17.7 Å². The topological polar surface area (TPSA) is 88.2 Å². The van der Waals surface area contributed by atoms with Crippen LogP contribution in [0.1, 0.15) is 12.0 Å². The maximum absolute atomic E-state index is 12.4. The first-order chi connectivity index (χ1) is 11.8. The Kier molecular flexibility index (Phi) is 6.02. The zero-order valence-corrected chi connectivity index (χ0v) is 14.2. The van der Waals surface area contributed by atoms with Crippen molar-refractivity contribution in [3.8, 4) is 0 Å². The summed E-state index contributed by atoms with van der Waals surface area (Å²) in [4.78, 5) is 15.4. The van der Waals surface area contributed by atoms with Crippen LogP contribution >= 0.6 is 0 Å². The number of aromatic nitrogens is 1. The summed E-state index contributed by atoms with van der Waals surface area (Å²) in [6.45, 7) is 2.18. The fourth-order valence-electron chi connectivity index (χ4n) is 1.93. The Hall–Kier alpha value is -2.55. The first-order valence-corrected chi connectivity index (χ1v) is 8.92. The fourth-order valence-corrected chi connectivity index (χ4v) is 2.65. The van der Waals surface area contributed by atoms with Gasteiger partial charge in [0.15, 0.2) is 0 Å². The van der Waals surface area contributed by atoms with Crippen molar-refractivity contribution in [2.45, 2.75) is 24.0 Å². The summed E-state index contributed by atoms with van der Waals surface area (Å²) in [5, 5.41) is 5.56. The van der Waals surface area contributed by atoms with Gasteiger partial charge in [-0.15, -0.1) is 0 Å². The van der Waals surface area contributed by atoms with E-state index in [0.29, 0.717) is 18.1 Å². The van der Waals surface area contributed by atoms with Gasteiger partial charge in [0.25, 0.3) is 0 Å². The third kappa shape index (κ3) is 5.21. The van der Waals surface area contributed by atoms with Gasteiger partial charge in [0.1, 0.15) is 5.82 Å². The van der Waals surface area contributed by atoms with Gasteiger partial charge in [-0.25, -0.2) is 13.4 Å². The number of hydrogen-bond donors (Lipinski definition) is 2. The molecule has 0 fully saturated rings. The minimum absolute atomic E-state index is 0.159. The lowest BCUT2D eigenvalue weighted by molar-refractivity contribution is -0.116. The Morgan fingerprint density at radius 2 is 1.84 bits per heavy atom. The number of halogens is 2. The number of amides is 1. The number of carbonyl (C=O) groups excluding carboxylic acids is 1. The largest absolute Gasteiger partial charge is 0.385 e. The summed E-state index contributed by atoms with van der Waals surface area (Å²) in [5.74, 6) is -3.23. The number of sulfone groups is 1.